The molecule has 3 nitrogen and oxygen atoms in total. The molecule has 0 unspecified atom stereocenters. The summed E-state index contributed by atoms with van der Waals surface area (Å²) in [4.78, 5) is 6.89. The Morgan fingerprint density at radius 1 is 1.00 bits per heavy atom. The summed E-state index contributed by atoms with van der Waals surface area (Å²) in [6.07, 6.45) is 0.981. The lowest BCUT2D eigenvalue weighted by Crippen LogP contribution is -1.98. The zero-order valence-electron chi connectivity index (χ0n) is 7.92. The van der Waals surface area contributed by atoms with Gasteiger partial charge in [0.2, 0.25) is 5.95 Å². The second kappa shape index (κ2) is 4.18. The first-order valence-electron chi connectivity index (χ1n) is 4.35. The Morgan fingerprint density at radius 2 is 1.81 bits per heavy atom. The first kappa shape index (κ1) is 10.4. The molecule has 1 aromatic carbocycles. The number of nitrogens with zero attached hydrogens (tertiary/aromatic N) is 2. The molecule has 16 heavy (non-hydrogen) atoms. The molecule has 0 fully saturated rings. The highest BCUT2D eigenvalue weighted by Crippen LogP contribution is 2.19. The van der Waals surface area contributed by atoms with Gasteiger partial charge in [0.05, 0.1) is 5.69 Å². The van der Waals surface area contributed by atoms with Gasteiger partial charge in [0.25, 0.3) is 0 Å². The van der Waals surface area contributed by atoms with Gasteiger partial charge in [-0.1, -0.05) is 0 Å². The number of benzene rings is 1. The maximum atomic E-state index is 13.2. The second-order valence-electron chi connectivity index (χ2n) is 2.98. The van der Waals surface area contributed by atoms with E-state index >= 15 is 0 Å². The normalized spacial score (nSPS) is 10.2. The molecular weight excluding hydrogens is 219 g/mol. The van der Waals surface area contributed by atoms with E-state index in [1.54, 1.807) is 0 Å². The summed E-state index contributed by atoms with van der Waals surface area (Å²) >= 11 is 0. The molecule has 0 saturated heterocycles. The molecule has 2 rings (SSSR count). The quantitative estimate of drug-likeness (QED) is 0.798. The van der Waals surface area contributed by atoms with E-state index in [2.05, 4.69) is 15.3 Å². The summed E-state index contributed by atoms with van der Waals surface area (Å²) in [5.41, 5.74) is -0.113. The summed E-state index contributed by atoms with van der Waals surface area (Å²) < 4.78 is 38.7. The highest BCUT2D eigenvalue weighted by atomic mass is 19.1. The molecule has 0 spiro atoms. The minimum Gasteiger partial charge on any atom is -0.338 e. The maximum absolute atomic E-state index is 13.2. The molecule has 0 aliphatic heterocycles. The van der Waals surface area contributed by atoms with Gasteiger partial charge in [-0.2, -0.15) is 4.39 Å². The number of hydrogen-bond acceptors (Lipinski definition) is 3. The number of halogens is 3. The van der Waals surface area contributed by atoms with Crippen molar-refractivity contribution in [3.63, 3.8) is 0 Å². The van der Waals surface area contributed by atoms with Crippen molar-refractivity contribution >= 4 is 11.5 Å². The van der Waals surface area contributed by atoms with Gasteiger partial charge in [-0.25, -0.2) is 18.7 Å². The molecule has 1 heterocycles. The van der Waals surface area contributed by atoms with Crippen molar-refractivity contribution in [2.45, 2.75) is 0 Å². The van der Waals surface area contributed by atoms with E-state index in [0.29, 0.717) is 0 Å². The summed E-state index contributed by atoms with van der Waals surface area (Å²) in [7, 11) is 0. The van der Waals surface area contributed by atoms with E-state index in [1.165, 1.54) is 0 Å². The third-order valence-electron chi connectivity index (χ3n) is 1.82. The van der Waals surface area contributed by atoms with Crippen LogP contribution in [0.3, 0.4) is 0 Å². The van der Waals surface area contributed by atoms with Crippen LogP contribution in [0, 0.1) is 17.6 Å². The first-order chi connectivity index (χ1) is 7.65. The van der Waals surface area contributed by atoms with E-state index in [1.807, 2.05) is 0 Å². The second-order valence-corrected chi connectivity index (χ2v) is 2.98. The monoisotopic (exact) mass is 225 g/mol. The van der Waals surface area contributed by atoms with Gasteiger partial charge in [-0.3, -0.25) is 0 Å². The lowest BCUT2D eigenvalue weighted by atomic mass is 10.3. The summed E-state index contributed by atoms with van der Waals surface area (Å²) in [6.45, 7) is 0. The lowest BCUT2D eigenvalue weighted by Gasteiger charge is -2.06. The third-order valence-corrected chi connectivity index (χ3v) is 1.82. The number of rotatable bonds is 2. The Bertz CT molecular complexity index is 516. The molecule has 0 atom stereocenters. The Labute approximate surface area is 89.0 Å². The minimum absolute atomic E-state index is 0.0528. The Morgan fingerprint density at radius 3 is 2.56 bits per heavy atom. The summed E-state index contributed by atoms with van der Waals surface area (Å²) in [5, 5.41) is 2.45. The lowest BCUT2D eigenvalue weighted by molar-refractivity contribution is 0.580. The molecule has 2 aromatic rings. The zero-order valence-corrected chi connectivity index (χ0v) is 7.92. The van der Waals surface area contributed by atoms with Gasteiger partial charge < -0.3 is 5.32 Å². The number of nitrogens with one attached hydrogen (secondary N) is 1. The third kappa shape index (κ3) is 2.28. The summed E-state index contributed by atoms with van der Waals surface area (Å²) in [5.74, 6) is -1.95. The molecule has 1 aromatic heterocycles. The van der Waals surface area contributed by atoms with E-state index < -0.39 is 17.6 Å². The zero-order chi connectivity index (χ0) is 11.5. The average molecular weight is 225 g/mol. The molecule has 6 heteroatoms. The van der Waals surface area contributed by atoms with Gasteiger partial charge in [0, 0.05) is 12.1 Å². The highest BCUT2D eigenvalue weighted by molar-refractivity contribution is 5.56. The van der Waals surface area contributed by atoms with Crippen LogP contribution >= 0.6 is 0 Å². The van der Waals surface area contributed by atoms with Crippen molar-refractivity contribution in [2.75, 3.05) is 5.32 Å². The van der Waals surface area contributed by atoms with Crippen LogP contribution in [-0.4, -0.2) is 9.97 Å². The fourth-order valence-corrected chi connectivity index (χ4v) is 1.13. The first-order valence-corrected chi connectivity index (χ1v) is 4.35. The smallest absolute Gasteiger partial charge is 0.218 e. The van der Waals surface area contributed by atoms with Gasteiger partial charge in [0.15, 0.2) is 0 Å². The standard InChI is InChI=1S/C10H6F3N3/c11-6-1-2-7(12)8(3-6)16-10-4-9(13)14-5-15-10/h1-5H,(H,14,15,16). The van der Waals surface area contributed by atoms with Crippen LogP contribution in [0.5, 0.6) is 0 Å². The molecule has 0 bridgehead atoms. The molecule has 0 amide bonds. The molecule has 0 aliphatic rings. The average Bonchev–Trinajstić information content (AvgIpc) is 2.24. The Balaban J connectivity index is 2.30. The Kier molecular flexibility index (Phi) is 2.72. The molecule has 1 N–H and O–H groups in total. The topological polar surface area (TPSA) is 37.8 Å². The molecule has 0 radical (unpaired) electrons. The predicted octanol–water partition coefficient (Wildman–Crippen LogP) is 2.64. The van der Waals surface area contributed by atoms with E-state index in [0.717, 1.165) is 30.6 Å². The minimum atomic E-state index is -0.755. The fraction of sp³-hybridized carbons (Fsp3) is 0. The van der Waals surface area contributed by atoms with Crippen LogP contribution in [0.15, 0.2) is 30.6 Å². The van der Waals surface area contributed by atoms with Crippen LogP contribution in [-0.2, 0) is 0 Å². The molecular formula is C10H6F3N3. The number of aromatic nitrogens is 2. The van der Waals surface area contributed by atoms with E-state index in [4.69, 9.17) is 0 Å². The van der Waals surface area contributed by atoms with Crippen molar-refractivity contribution < 1.29 is 13.2 Å². The van der Waals surface area contributed by atoms with E-state index in [-0.39, 0.29) is 11.5 Å². The predicted molar refractivity (Wildman–Crippen MR) is 51.6 cm³/mol. The van der Waals surface area contributed by atoms with Crippen molar-refractivity contribution in [3.8, 4) is 0 Å². The van der Waals surface area contributed by atoms with Crippen molar-refractivity contribution in [3.05, 3.63) is 48.2 Å². The maximum Gasteiger partial charge on any atom is 0.218 e. The number of hydrogen-bond donors (Lipinski definition) is 1. The number of anilines is 2. The SMILES string of the molecule is Fc1ccc(F)c(Nc2cc(F)ncn2)c1. The molecule has 82 valence electrons. The van der Waals surface area contributed by atoms with Gasteiger partial charge in [-0.05, 0) is 12.1 Å². The van der Waals surface area contributed by atoms with Crippen LogP contribution in [0.25, 0.3) is 0 Å². The van der Waals surface area contributed by atoms with Crippen molar-refractivity contribution in [1.82, 2.24) is 9.97 Å². The van der Waals surface area contributed by atoms with Crippen LogP contribution in [0.4, 0.5) is 24.7 Å². The largest absolute Gasteiger partial charge is 0.338 e. The van der Waals surface area contributed by atoms with Gasteiger partial charge in [-0.15, -0.1) is 0 Å². The van der Waals surface area contributed by atoms with Crippen LogP contribution in [0.2, 0.25) is 0 Å². The van der Waals surface area contributed by atoms with E-state index in [9.17, 15) is 13.2 Å². The molecule has 0 saturated carbocycles. The van der Waals surface area contributed by atoms with Crippen LogP contribution < -0.4 is 5.32 Å². The summed E-state index contributed by atoms with van der Waals surface area (Å²) in [6, 6.07) is 3.88. The molecule has 0 aliphatic carbocycles. The highest BCUT2D eigenvalue weighted by Gasteiger charge is 2.05. The van der Waals surface area contributed by atoms with Gasteiger partial charge in [0.1, 0.15) is 23.8 Å². The van der Waals surface area contributed by atoms with Crippen molar-refractivity contribution in [2.24, 2.45) is 0 Å². The van der Waals surface area contributed by atoms with Crippen molar-refractivity contribution in [1.29, 1.82) is 0 Å². The van der Waals surface area contributed by atoms with Crippen LogP contribution in [0.1, 0.15) is 0 Å². The fourth-order valence-electron chi connectivity index (χ4n) is 1.13. The Hall–Kier alpha value is -2.11. The van der Waals surface area contributed by atoms with Gasteiger partial charge >= 0.3 is 0 Å².